The third-order valence-corrected chi connectivity index (χ3v) is 5.43. The second-order valence-corrected chi connectivity index (χ2v) is 8.38. The van der Waals surface area contributed by atoms with Crippen molar-refractivity contribution in [3.05, 3.63) is 65.8 Å². The van der Waals surface area contributed by atoms with Gasteiger partial charge in [-0.05, 0) is 62.4 Å². The molecule has 0 aromatic heterocycles. The van der Waals surface area contributed by atoms with Crippen LogP contribution in [0.3, 0.4) is 0 Å². The van der Waals surface area contributed by atoms with Crippen molar-refractivity contribution in [1.29, 1.82) is 0 Å². The zero-order valence-corrected chi connectivity index (χ0v) is 21.1. The van der Waals surface area contributed by atoms with Gasteiger partial charge in [-0.15, -0.1) is 0 Å². The quantitative estimate of drug-likeness (QED) is 0.158. The molecule has 0 bridgehead atoms. The van der Waals surface area contributed by atoms with Crippen molar-refractivity contribution in [3.63, 3.8) is 0 Å². The number of aliphatic hydroxyl groups excluding tert-OH is 1. The number of amides is 1. The Morgan fingerprint density at radius 2 is 1.74 bits per heavy atom. The number of aliphatic hydroxyl groups is 1. The molecule has 0 radical (unpaired) electrons. The van der Waals surface area contributed by atoms with Crippen molar-refractivity contribution in [2.45, 2.75) is 52.9 Å². The van der Waals surface area contributed by atoms with E-state index in [1.807, 2.05) is 56.3 Å². The molecule has 0 heterocycles. The molecule has 8 nitrogen and oxygen atoms in total. The second kappa shape index (κ2) is 12.6. The number of hydrogen-bond acceptors (Lipinski definition) is 7. The average molecular weight is 483 g/mol. The fourth-order valence-electron chi connectivity index (χ4n) is 3.57. The van der Waals surface area contributed by atoms with E-state index in [2.05, 4.69) is 17.0 Å². The van der Waals surface area contributed by atoms with E-state index in [-0.39, 0.29) is 17.4 Å². The average Bonchev–Trinajstić information content (AvgIpc) is 2.83. The Morgan fingerprint density at radius 3 is 2.31 bits per heavy atom. The summed E-state index contributed by atoms with van der Waals surface area (Å²) in [5.74, 6) is -1.17. The van der Waals surface area contributed by atoms with Crippen molar-refractivity contribution in [2.75, 3.05) is 7.11 Å². The molecule has 0 fully saturated rings. The summed E-state index contributed by atoms with van der Waals surface area (Å²) in [5, 5.41) is 14.9. The van der Waals surface area contributed by atoms with Gasteiger partial charge < -0.3 is 24.6 Å². The first-order valence-electron chi connectivity index (χ1n) is 11.4. The minimum Gasteiger partial charge on any atom is -0.503 e. The lowest BCUT2D eigenvalue weighted by Gasteiger charge is -2.29. The zero-order valence-electron chi connectivity index (χ0n) is 21.1. The van der Waals surface area contributed by atoms with E-state index in [0.29, 0.717) is 5.75 Å². The number of aliphatic imine (C=N–C) groups is 1. The summed E-state index contributed by atoms with van der Waals surface area (Å²) in [6.45, 7) is 12.1. The summed E-state index contributed by atoms with van der Waals surface area (Å²) in [7, 11) is 1.34. The summed E-state index contributed by atoms with van der Waals surface area (Å²) in [4.78, 5) is 28.9. The molecule has 0 saturated carbocycles. The smallest absolute Gasteiger partial charge is 0.328 e. The van der Waals surface area contributed by atoms with Crippen LogP contribution in [-0.4, -0.2) is 49.1 Å². The molecule has 2 aromatic carbocycles. The lowest BCUT2D eigenvalue weighted by atomic mass is 10.0. The van der Waals surface area contributed by atoms with Crippen LogP contribution in [0.5, 0.6) is 5.75 Å². The molecule has 188 valence electrons. The third-order valence-electron chi connectivity index (χ3n) is 5.43. The van der Waals surface area contributed by atoms with Crippen LogP contribution in [0, 0.1) is 5.92 Å². The molecule has 8 heteroatoms. The van der Waals surface area contributed by atoms with Crippen molar-refractivity contribution in [3.8, 4) is 5.75 Å². The van der Waals surface area contributed by atoms with Crippen LogP contribution in [0.4, 0.5) is 0 Å². The van der Waals surface area contributed by atoms with Gasteiger partial charge in [-0.25, -0.2) is 4.79 Å². The Labute approximate surface area is 206 Å². The molecule has 35 heavy (non-hydrogen) atoms. The van der Waals surface area contributed by atoms with E-state index < -0.39 is 35.9 Å². The standard InChI is InChI=1S/C27H34N2O6/c1-8-22(33-7)24(30)23(28-6)26(31)29-17(4)27(32)34-18(5)25(16(2)3)35-21-14-13-19-11-9-10-12-20(19)15-21/h8-18,25,30H,6H2,1-5,7H3,(H,29,31)/b22-8+,24-23+/t17-,18-,25+/m0/s1. The number of carbonyl (C=O) groups is 2. The Balaban J connectivity index is 2.08. The summed E-state index contributed by atoms with van der Waals surface area (Å²) in [5.41, 5.74) is -0.368. The van der Waals surface area contributed by atoms with Gasteiger partial charge in [0.05, 0.1) is 7.11 Å². The van der Waals surface area contributed by atoms with Gasteiger partial charge in [0, 0.05) is 0 Å². The second-order valence-electron chi connectivity index (χ2n) is 8.38. The number of carbonyl (C=O) groups excluding carboxylic acids is 2. The van der Waals surface area contributed by atoms with Crippen LogP contribution in [-0.2, 0) is 19.1 Å². The summed E-state index contributed by atoms with van der Waals surface area (Å²) < 4.78 is 16.8. The molecule has 0 spiro atoms. The number of benzene rings is 2. The third kappa shape index (κ3) is 7.09. The molecule has 0 aliphatic heterocycles. The molecule has 2 aromatic rings. The molecule has 0 unspecified atom stereocenters. The highest BCUT2D eigenvalue weighted by Gasteiger charge is 2.29. The Hall–Kier alpha value is -3.81. The van der Waals surface area contributed by atoms with Crippen LogP contribution in [0.15, 0.2) is 70.7 Å². The van der Waals surface area contributed by atoms with Crippen LogP contribution >= 0.6 is 0 Å². The lowest BCUT2D eigenvalue weighted by molar-refractivity contribution is -0.157. The summed E-state index contributed by atoms with van der Waals surface area (Å²) in [6.07, 6.45) is 0.447. The van der Waals surface area contributed by atoms with Gasteiger partial charge in [-0.1, -0.05) is 44.2 Å². The topological polar surface area (TPSA) is 106 Å². The number of nitrogens with zero attached hydrogens (tertiary/aromatic N) is 1. The number of rotatable bonds is 11. The summed E-state index contributed by atoms with van der Waals surface area (Å²) >= 11 is 0. The fraction of sp³-hybridized carbons (Fsp3) is 0.370. The van der Waals surface area contributed by atoms with Crippen LogP contribution in [0.25, 0.3) is 10.8 Å². The molecule has 3 atom stereocenters. The molecule has 0 aliphatic rings. The maximum absolute atomic E-state index is 12.7. The maximum atomic E-state index is 12.7. The van der Waals surface area contributed by atoms with Crippen molar-refractivity contribution < 1.29 is 28.9 Å². The lowest BCUT2D eigenvalue weighted by Crippen LogP contribution is -2.44. The minimum absolute atomic E-state index is 0.0407. The van der Waals surface area contributed by atoms with Gasteiger partial charge in [-0.3, -0.25) is 9.79 Å². The first kappa shape index (κ1) is 27.4. The number of fused-ring (bicyclic) bond motifs is 1. The molecular formula is C27H34N2O6. The number of allylic oxidation sites excluding steroid dienone is 1. The van der Waals surface area contributed by atoms with E-state index in [4.69, 9.17) is 14.2 Å². The van der Waals surface area contributed by atoms with E-state index in [1.54, 1.807) is 13.8 Å². The number of methoxy groups -OCH3 is 1. The van der Waals surface area contributed by atoms with Gasteiger partial charge in [-0.2, -0.15) is 0 Å². The number of ether oxygens (including phenoxy) is 3. The Morgan fingerprint density at radius 1 is 1.09 bits per heavy atom. The highest BCUT2D eigenvalue weighted by Crippen LogP contribution is 2.25. The SMILES string of the molecule is C=N/C(C(=O)N[C@@H](C)C(=O)O[C@@H](C)[C@H](Oc1ccc2ccccc2c1)C(C)C)=C(O)\C(=C/C)OC. The van der Waals surface area contributed by atoms with Gasteiger partial charge in [0.1, 0.15) is 24.0 Å². The van der Waals surface area contributed by atoms with Crippen molar-refractivity contribution in [1.82, 2.24) is 5.32 Å². The first-order chi connectivity index (χ1) is 16.6. The van der Waals surface area contributed by atoms with Gasteiger partial charge in [0.2, 0.25) is 0 Å². The van der Waals surface area contributed by atoms with E-state index in [9.17, 15) is 14.7 Å². The number of hydrogen-bond donors (Lipinski definition) is 2. The molecular weight excluding hydrogens is 448 g/mol. The van der Waals surface area contributed by atoms with Gasteiger partial charge in [0.15, 0.2) is 17.2 Å². The zero-order chi connectivity index (χ0) is 26.1. The van der Waals surface area contributed by atoms with E-state index in [1.165, 1.54) is 20.1 Å². The maximum Gasteiger partial charge on any atom is 0.328 e. The minimum atomic E-state index is -1.01. The van der Waals surface area contributed by atoms with Crippen LogP contribution in [0.1, 0.15) is 34.6 Å². The monoisotopic (exact) mass is 482 g/mol. The first-order valence-corrected chi connectivity index (χ1v) is 11.4. The van der Waals surface area contributed by atoms with E-state index in [0.717, 1.165) is 10.8 Å². The van der Waals surface area contributed by atoms with Gasteiger partial charge in [0.25, 0.3) is 5.91 Å². The molecule has 0 aliphatic carbocycles. The van der Waals surface area contributed by atoms with Crippen LogP contribution < -0.4 is 10.1 Å². The van der Waals surface area contributed by atoms with Crippen molar-refractivity contribution in [2.24, 2.45) is 10.9 Å². The van der Waals surface area contributed by atoms with E-state index >= 15 is 0 Å². The van der Waals surface area contributed by atoms with Crippen LogP contribution in [0.2, 0.25) is 0 Å². The Bertz CT molecular complexity index is 1120. The Kier molecular flexibility index (Phi) is 9.87. The predicted octanol–water partition coefficient (Wildman–Crippen LogP) is 4.70. The number of esters is 1. The highest BCUT2D eigenvalue weighted by atomic mass is 16.6. The summed E-state index contributed by atoms with van der Waals surface area (Å²) in [6, 6.07) is 12.8. The molecule has 2 rings (SSSR count). The van der Waals surface area contributed by atoms with Crippen molar-refractivity contribution >= 4 is 29.4 Å². The molecule has 0 saturated heterocycles. The van der Waals surface area contributed by atoms with Gasteiger partial charge >= 0.3 is 5.97 Å². The predicted molar refractivity (Wildman–Crippen MR) is 136 cm³/mol. The normalized spacial score (nSPS) is 15.0. The largest absolute Gasteiger partial charge is 0.503 e. The highest BCUT2D eigenvalue weighted by molar-refractivity contribution is 5.97. The molecule has 2 N–H and O–H groups in total. The number of nitrogens with one attached hydrogen (secondary N) is 1. The fourth-order valence-corrected chi connectivity index (χ4v) is 3.57. The molecule has 1 amide bonds.